The van der Waals surface area contributed by atoms with E-state index in [2.05, 4.69) is 5.32 Å². The molecule has 0 aromatic rings. The molecule has 4 nitrogen and oxygen atoms in total. The zero-order chi connectivity index (χ0) is 11.9. The Balaban J connectivity index is 3.55. The highest BCUT2D eigenvalue weighted by Gasteiger charge is 2.38. The Morgan fingerprint density at radius 1 is 1.13 bits per heavy atom. The van der Waals surface area contributed by atoms with Crippen molar-refractivity contribution in [2.24, 2.45) is 0 Å². The van der Waals surface area contributed by atoms with Gasteiger partial charge in [-0.2, -0.15) is 13.2 Å². The smallest absolute Gasteiger partial charge is 0.354 e. The third-order valence-corrected chi connectivity index (χ3v) is 1.50. The van der Waals surface area contributed by atoms with E-state index < -0.39 is 12.1 Å². The summed E-state index contributed by atoms with van der Waals surface area (Å²) in [5.41, 5.74) is 0. The molecule has 0 rings (SSSR count). The van der Waals surface area contributed by atoms with Crippen LogP contribution in [0.3, 0.4) is 0 Å². The van der Waals surface area contributed by atoms with Crippen LogP contribution in [0.15, 0.2) is 0 Å². The lowest BCUT2D eigenvalue weighted by Gasteiger charge is -2.08. The van der Waals surface area contributed by atoms with Crippen LogP contribution in [0, 0.1) is 0 Å². The first-order chi connectivity index (χ1) is 6.88. The number of hydrogen-bond acceptors (Lipinski definition) is 2. The molecule has 0 unspecified atom stereocenters. The summed E-state index contributed by atoms with van der Waals surface area (Å²) < 4.78 is 34.9. The number of nitrogens with one attached hydrogen (secondary N) is 2. The fourth-order valence-corrected chi connectivity index (χ4v) is 0.824. The average molecular weight is 247 g/mol. The monoisotopic (exact) mass is 246 g/mol. The van der Waals surface area contributed by atoms with Crippen molar-refractivity contribution in [1.29, 1.82) is 0 Å². The van der Waals surface area contributed by atoms with Crippen LogP contribution < -0.4 is 10.6 Å². The minimum absolute atomic E-state index is 0.0580. The van der Waals surface area contributed by atoms with Gasteiger partial charge in [-0.25, -0.2) is 0 Å². The fourth-order valence-electron chi connectivity index (χ4n) is 0.652. The molecule has 0 fully saturated rings. The topological polar surface area (TPSA) is 58.2 Å². The molecular weight excluding hydrogens is 237 g/mol. The summed E-state index contributed by atoms with van der Waals surface area (Å²) in [5.74, 6) is -2.25. The Hall–Kier alpha value is -0.980. The number of halogens is 4. The quantitative estimate of drug-likeness (QED) is 0.545. The van der Waals surface area contributed by atoms with E-state index in [9.17, 15) is 22.8 Å². The van der Waals surface area contributed by atoms with Crippen molar-refractivity contribution >= 4 is 23.4 Å². The van der Waals surface area contributed by atoms with E-state index in [-0.39, 0.29) is 31.3 Å². The van der Waals surface area contributed by atoms with Gasteiger partial charge < -0.3 is 10.6 Å². The Morgan fingerprint density at radius 2 is 1.67 bits per heavy atom. The van der Waals surface area contributed by atoms with E-state index in [0.29, 0.717) is 0 Å². The number of carbonyl (C=O) groups excluding carboxylic acids is 2. The minimum Gasteiger partial charge on any atom is -0.354 e. The number of amides is 2. The largest absolute Gasteiger partial charge is 0.471 e. The van der Waals surface area contributed by atoms with Crippen LogP contribution in [0.25, 0.3) is 0 Å². The normalized spacial score (nSPS) is 10.9. The molecule has 0 bridgehead atoms. The Labute approximate surface area is 89.2 Å². The molecule has 0 aliphatic rings. The van der Waals surface area contributed by atoms with Gasteiger partial charge in [0.15, 0.2) is 0 Å². The lowest BCUT2D eigenvalue weighted by Crippen LogP contribution is -2.41. The lowest BCUT2D eigenvalue weighted by atomic mass is 10.4. The van der Waals surface area contributed by atoms with Crippen LogP contribution in [0.1, 0.15) is 6.42 Å². The van der Waals surface area contributed by atoms with E-state index >= 15 is 0 Å². The molecule has 0 saturated heterocycles. The van der Waals surface area contributed by atoms with Gasteiger partial charge in [-0.05, 0) is 0 Å². The maximum absolute atomic E-state index is 11.6. The summed E-state index contributed by atoms with van der Waals surface area (Å²) in [4.78, 5) is 21.0. The summed E-state index contributed by atoms with van der Waals surface area (Å²) in [7, 11) is 0. The molecule has 15 heavy (non-hydrogen) atoms. The van der Waals surface area contributed by atoms with Crippen molar-refractivity contribution in [3.8, 4) is 0 Å². The molecule has 0 heterocycles. The number of carbonyl (C=O) groups is 2. The molecular formula is C7H10ClF3N2O2. The van der Waals surface area contributed by atoms with Gasteiger partial charge >= 0.3 is 12.1 Å². The first-order valence-corrected chi connectivity index (χ1v) is 4.59. The Morgan fingerprint density at radius 3 is 2.13 bits per heavy atom. The summed E-state index contributed by atoms with van der Waals surface area (Å²) in [5, 5.41) is 3.89. The number of rotatable bonds is 5. The van der Waals surface area contributed by atoms with E-state index in [4.69, 9.17) is 11.6 Å². The third kappa shape index (κ3) is 7.01. The minimum atomic E-state index is -4.89. The van der Waals surface area contributed by atoms with Gasteiger partial charge in [0, 0.05) is 25.4 Å². The first-order valence-electron chi connectivity index (χ1n) is 4.05. The van der Waals surface area contributed by atoms with Crippen LogP contribution in [-0.4, -0.2) is 37.0 Å². The van der Waals surface area contributed by atoms with Crippen LogP contribution in [0.2, 0.25) is 0 Å². The third-order valence-electron chi connectivity index (χ3n) is 1.31. The maximum atomic E-state index is 11.6. The second-order valence-corrected chi connectivity index (χ2v) is 2.92. The van der Waals surface area contributed by atoms with Crippen molar-refractivity contribution < 1.29 is 22.8 Å². The molecule has 0 atom stereocenters. The SMILES string of the molecule is O=C(CCCl)NCCNC(=O)C(F)(F)F. The van der Waals surface area contributed by atoms with Gasteiger partial charge in [-0.15, -0.1) is 11.6 Å². The van der Waals surface area contributed by atoms with Gasteiger partial charge in [0.1, 0.15) is 0 Å². The molecule has 0 aromatic carbocycles. The highest BCUT2D eigenvalue weighted by atomic mass is 35.5. The zero-order valence-electron chi connectivity index (χ0n) is 7.66. The average Bonchev–Trinajstić information content (AvgIpc) is 2.11. The van der Waals surface area contributed by atoms with E-state index in [1.807, 2.05) is 0 Å². The highest BCUT2D eigenvalue weighted by Crippen LogP contribution is 2.13. The Kier molecular flexibility index (Phi) is 6.07. The lowest BCUT2D eigenvalue weighted by molar-refractivity contribution is -0.173. The van der Waals surface area contributed by atoms with E-state index in [1.54, 1.807) is 5.32 Å². The fraction of sp³-hybridized carbons (Fsp3) is 0.714. The van der Waals surface area contributed by atoms with Crippen molar-refractivity contribution in [2.45, 2.75) is 12.6 Å². The summed E-state index contributed by atoms with van der Waals surface area (Å²) in [6.45, 7) is -0.329. The molecule has 2 N–H and O–H groups in total. The summed E-state index contributed by atoms with van der Waals surface area (Å²) in [6.07, 6.45) is -4.80. The molecule has 0 spiro atoms. The van der Waals surface area contributed by atoms with Crippen LogP contribution in [0.5, 0.6) is 0 Å². The highest BCUT2D eigenvalue weighted by molar-refractivity contribution is 6.18. The van der Waals surface area contributed by atoms with Crippen molar-refractivity contribution in [1.82, 2.24) is 10.6 Å². The zero-order valence-corrected chi connectivity index (χ0v) is 8.41. The summed E-state index contributed by atoms with van der Waals surface area (Å²) >= 11 is 5.24. The first kappa shape index (κ1) is 14.0. The molecule has 0 saturated carbocycles. The van der Waals surface area contributed by atoms with Gasteiger partial charge in [-0.3, -0.25) is 9.59 Å². The molecule has 0 aliphatic heterocycles. The second-order valence-electron chi connectivity index (χ2n) is 2.54. The van der Waals surface area contributed by atoms with Crippen LogP contribution >= 0.6 is 11.6 Å². The molecule has 0 aliphatic carbocycles. The van der Waals surface area contributed by atoms with Crippen LogP contribution in [-0.2, 0) is 9.59 Å². The van der Waals surface area contributed by atoms with Crippen molar-refractivity contribution in [3.05, 3.63) is 0 Å². The van der Waals surface area contributed by atoms with Crippen molar-refractivity contribution in [3.63, 3.8) is 0 Å². The molecule has 2 amide bonds. The van der Waals surface area contributed by atoms with Gasteiger partial charge in [0.25, 0.3) is 0 Å². The van der Waals surface area contributed by atoms with E-state index in [1.165, 1.54) is 0 Å². The van der Waals surface area contributed by atoms with E-state index in [0.717, 1.165) is 0 Å². The number of hydrogen-bond donors (Lipinski definition) is 2. The standard InChI is InChI=1S/C7H10ClF3N2O2/c8-2-1-5(14)12-3-4-13-6(15)7(9,10)11/h1-4H2,(H,12,14)(H,13,15). The predicted octanol–water partition coefficient (Wildman–Crippen LogP) is 0.410. The summed E-state index contributed by atoms with van der Waals surface area (Å²) in [6, 6.07) is 0. The molecule has 8 heteroatoms. The maximum Gasteiger partial charge on any atom is 0.471 e. The molecule has 0 radical (unpaired) electrons. The van der Waals surface area contributed by atoms with Gasteiger partial charge in [0.2, 0.25) is 5.91 Å². The Bertz CT molecular complexity index is 233. The molecule has 88 valence electrons. The molecule has 0 aromatic heterocycles. The van der Waals surface area contributed by atoms with Gasteiger partial charge in [0.05, 0.1) is 0 Å². The predicted molar refractivity (Wildman–Crippen MR) is 47.4 cm³/mol. The van der Waals surface area contributed by atoms with Crippen molar-refractivity contribution in [2.75, 3.05) is 19.0 Å². The second kappa shape index (κ2) is 6.49. The van der Waals surface area contributed by atoms with Crippen LogP contribution in [0.4, 0.5) is 13.2 Å². The van der Waals surface area contributed by atoms with Gasteiger partial charge in [-0.1, -0.05) is 0 Å². The number of alkyl halides is 4.